The zero-order chi connectivity index (χ0) is 17.6. The van der Waals surface area contributed by atoms with E-state index in [2.05, 4.69) is 27.6 Å². The van der Waals surface area contributed by atoms with Gasteiger partial charge in [-0.2, -0.15) is 0 Å². The Bertz CT molecular complexity index is 468. The summed E-state index contributed by atoms with van der Waals surface area (Å²) in [5.41, 5.74) is 0. The molecule has 0 aliphatic rings. The first kappa shape index (κ1) is 20.5. The Kier molecular flexibility index (Phi) is 11.0. The lowest BCUT2D eigenvalue weighted by Crippen LogP contribution is -2.42. The van der Waals surface area contributed by atoms with E-state index in [1.165, 1.54) is 0 Å². The van der Waals surface area contributed by atoms with E-state index in [-0.39, 0.29) is 0 Å². The fourth-order valence-electron chi connectivity index (χ4n) is 2.05. The van der Waals surface area contributed by atoms with Crippen LogP contribution in [0.3, 0.4) is 0 Å². The van der Waals surface area contributed by atoms with E-state index in [4.69, 9.17) is 21.1 Å². The van der Waals surface area contributed by atoms with E-state index in [1.807, 2.05) is 24.3 Å². The van der Waals surface area contributed by atoms with Gasteiger partial charge in [0, 0.05) is 45.4 Å². The molecule has 1 aromatic carbocycles. The minimum absolute atomic E-state index is 0.555. The van der Waals surface area contributed by atoms with Gasteiger partial charge in [0.1, 0.15) is 12.4 Å². The lowest BCUT2D eigenvalue weighted by molar-refractivity contribution is 0.180. The average molecular weight is 357 g/mol. The van der Waals surface area contributed by atoms with Gasteiger partial charge in [0.25, 0.3) is 0 Å². The Morgan fingerprint density at radius 2 is 1.83 bits per heavy atom. The molecule has 0 saturated carbocycles. The number of guanidine groups is 1. The van der Waals surface area contributed by atoms with Crippen LogP contribution >= 0.6 is 11.6 Å². The zero-order valence-corrected chi connectivity index (χ0v) is 15.6. The van der Waals surface area contributed by atoms with Crippen LogP contribution in [0.5, 0.6) is 5.75 Å². The lowest BCUT2D eigenvalue weighted by Gasteiger charge is -2.18. The number of halogens is 1. The summed E-state index contributed by atoms with van der Waals surface area (Å²) in [5, 5.41) is 7.22. The van der Waals surface area contributed by atoms with Crippen molar-refractivity contribution in [3.05, 3.63) is 29.3 Å². The van der Waals surface area contributed by atoms with Gasteiger partial charge in [-0.3, -0.25) is 4.99 Å². The van der Waals surface area contributed by atoms with Crippen molar-refractivity contribution in [1.29, 1.82) is 0 Å². The highest BCUT2D eigenvalue weighted by Crippen LogP contribution is 2.14. The molecule has 0 aliphatic heterocycles. The molecule has 0 spiro atoms. The number of nitrogens with zero attached hydrogens (tertiary/aromatic N) is 2. The number of hydrogen-bond acceptors (Lipinski definition) is 4. The molecule has 0 heterocycles. The highest BCUT2D eigenvalue weighted by molar-refractivity contribution is 6.30. The standard InChI is InChI=1S/C17H29ClN4O2/c1-19-17(20-9-12-22(2)11-4-13-23-3)21-10-14-24-16-7-5-15(18)6-8-16/h5-8H,4,9-14H2,1-3H3,(H2,19,20,21). The van der Waals surface area contributed by atoms with E-state index in [0.29, 0.717) is 18.2 Å². The second kappa shape index (κ2) is 12.9. The first-order valence-electron chi connectivity index (χ1n) is 8.16. The van der Waals surface area contributed by atoms with Gasteiger partial charge in [-0.15, -0.1) is 0 Å². The van der Waals surface area contributed by atoms with Crippen molar-refractivity contribution in [2.75, 3.05) is 60.6 Å². The van der Waals surface area contributed by atoms with E-state index in [1.54, 1.807) is 14.2 Å². The summed E-state index contributed by atoms with van der Waals surface area (Å²) in [5.74, 6) is 1.59. The SMILES string of the molecule is CN=C(NCCOc1ccc(Cl)cc1)NCCN(C)CCCOC. The molecule has 6 nitrogen and oxygen atoms in total. The van der Waals surface area contributed by atoms with Crippen molar-refractivity contribution < 1.29 is 9.47 Å². The number of ether oxygens (including phenoxy) is 2. The number of hydrogen-bond donors (Lipinski definition) is 2. The minimum atomic E-state index is 0.555. The number of benzene rings is 1. The van der Waals surface area contributed by atoms with Crippen molar-refractivity contribution in [2.45, 2.75) is 6.42 Å². The van der Waals surface area contributed by atoms with Gasteiger partial charge < -0.3 is 25.0 Å². The molecule has 0 aliphatic carbocycles. The quantitative estimate of drug-likeness (QED) is 0.360. The Labute approximate surface area is 150 Å². The fourth-order valence-corrected chi connectivity index (χ4v) is 2.17. The molecule has 0 aromatic heterocycles. The monoisotopic (exact) mass is 356 g/mol. The molecule has 0 fully saturated rings. The number of nitrogens with one attached hydrogen (secondary N) is 2. The normalized spacial score (nSPS) is 11.6. The summed E-state index contributed by atoms with van der Waals surface area (Å²) in [4.78, 5) is 6.47. The van der Waals surface area contributed by atoms with Gasteiger partial charge in [-0.05, 0) is 37.7 Å². The van der Waals surface area contributed by atoms with E-state index in [9.17, 15) is 0 Å². The van der Waals surface area contributed by atoms with Crippen molar-refractivity contribution in [3.63, 3.8) is 0 Å². The van der Waals surface area contributed by atoms with Crippen LogP contribution in [0.1, 0.15) is 6.42 Å². The maximum Gasteiger partial charge on any atom is 0.191 e. The third-order valence-electron chi connectivity index (χ3n) is 3.37. The average Bonchev–Trinajstić information content (AvgIpc) is 2.59. The third kappa shape index (κ3) is 9.60. The van der Waals surface area contributed by atoms with Crippen LogP contribution in [-0.4, -0.2) is 71.5 Å². The predicted octanol–water partition coefficient (Wildman–Crippen LogP) is 1.85. The molecule has 0 saturated heterocycles. The van der Waals surface area contributed by atoms with Gasteiger partial charge in [0.2, 0.25) is 0 Å². The van der Waals surface area contributed by atoms with Crippen LogP contribution in [0.15, 0.2) is 29.3 Å². The van der Waals surface area contributed by atoms with Crippen LogP contribution < -0.4 is 15.4 Å². The van der Waals surface area contributed by atoms with Gasteiger partial charge >= 0.3 is 0 Å². The maximum atomic E-state index is 5.84. The summed E-state index contributed by atoms with van der Waals surface area (Å²) >= 11 is 5.84. The van der Waals surface area contributed by atoms with E-state index >= 15 is 0 Å². The molecule has 0 unspecified atom stereocenters. The van der Waals surface area contributed by atoms with Gasteiger partial charge in [0.15, 0.2) is 5.96 Å². The van der Waals surface area contributed by atoms with Crippen LogP contribution in [-0.2, 0) is 4.74 Å². The molecule has 1 aromatic rings. The molecule has 0 atom stereocenters. The highest BCUT2D eigenvalue weighted by Gasteiger charge is 2.01. The first-order chi connectivity index (χ1) is 11.7. The lowest BCUT2D eigenvalue weighted by atomic mass is 10.3. The number of likely N-dealkylation sites (N-methyl/N-ethyl adjacent to an activating group) is 1. The minimum Gasteiger partial charge on any atom is -0.492 e. The molecule has 7 heteroatoms. The topological polar surface area (TPSA) is 58.1 Å². The van der Waals surface area contributed by atoms with Crippen molar-refractivity contribution in [2.24, 2.45) is 4.99 Å². The van der Waals surface area contributed by atoms with Gasteiger partial charge in [0.05, 0.1) is 6.54 Å². The maximum absolute atomic E-state index is 5.84. The predicted molar refractivity (Wildman–Crippen MR) is 100 cm³/mol. The third-order valence-corrected chi connectivity index (χ3v) is 3.63. The summed E-state index contributed by atoms with van der Waals surface area (Å²) < 4.78 is 10.7. The first-order valence-corrected chi connectivity index (χ1v) is 8.54. The van der Waals surface area contributed by atoms with Crippen LogP contribution in [0.2, 0.25) is 5.02 Å². The molecule has 1 rings (SSSR count). The number of methoxy groups -OCH3 is 1. The second-order valence-corrected chi connectivity index (χ2v) is 5.81. The van der Waals surface area contributed by atoms with Crippen LogP contribution in [0, 0.1) is 0 Å². The van der Waals surface area contributed by atoms with E-state index < -0.39 is 0 Å². The zero-order valence-electron chi connectivity index (χ0n) is 14.8. The summed E-state index contributed by atoms with van der Waals surface area (Å²) in [7, 11) is 5.60. The second-order valence-electron chi connectivity index (χ2n) is 5.38. The summed E-state index contributed by atoms with van der Waals surface area (Å²) in [6.45, 7) is 4.84. The highest BCUT2D eigenvalue weighted by atomic mass is 35.5. The Morgan fingerprint density at radius 3 is 2.50 bits per heavy atom. The molecule has 0 bridgehead atoms. The summed E-state index contributed by atoms with van der Waals surface area (Å²) in [6, 6.07) is 7.34. The largest absolute Gasteiger partial charge is 0.492 e. The van der Waals surface area contributed by atoms with Crippen molar-refractivity contribution in [3.8, 4) is 5.75 Å². The number of aliphatic imine (C=N–C) groups is 1. The van der Waals surface area contributed by atoms with Crippen molar-refractivity contribution >= 4 is 17.6 Å². The van der Waals surface area contributed by atoms with Gasteiger partial charge in [-0.1, -0.05) is 11.6 Å². The molecule has 136 valence electrons. The molecular formula is C17H29ClN4O2. The van der Waals surface area contributed by atoms with E-state index in [0.717, 1.165) is 44.4 Å². The molecule has 2 N–H and O–H groups in total. The Morgan fingerprint density at radius 1 is 1.12 bits per heavy atom. The summed E-state index contributed by atoms with van der Waals surface area (Å²) in [6.07, 6.45) is 1.04. The van der Waals surface area contributed by atoms with Gasteiger partial charge in [-0.25, -0.2) is 0 Å². The Balaban J connectivity index is 2.11. The molecule has 0 radical (unpaired) electrons. The number of rotatable bonds is 11. The Hall–Kier alpha value is -1.50. The molecule has 0 amide bonds. The fraction of sp³-hybridized carbons (Fsp3) is 0.588. The molecular weight excluding hydrogens is 328 g/mol. The van der Waals surface area contributed by atoms with Crippen LogP contribution in [0.4, 0.5) is 0 Å². The molecule has 24 heavy (non-hydrogen) atoms. The van der Waals surface area contributed by atoms with Crippen molar-refractivity contribution in [1.82, 2.24) is 15.5 Å². The smallest absolute Gasteiger partial charge is 0.191 e. The van der Waals surface area contributed by atoms with Crippen LogP contribution in [0.25, 0.3) is 0 Å².